The Bertz CT molecular complexity index is 994. The van der Waals surface area contributed by atoms with E-state index in [1.165, 1.54) is 7.11 Å². The topological polar surface area (TPSA) is 66.8 Å². The lowest BCUT2D eigenvalue weighted by atomic mass is 9.67. The van der Waals surface area contributed by atoms with E-state index in [9.17, 15) is 14.7 Å². The molecule has 2 aromatic rings. The standard InChI is InChI=1S/C26H31Cl2NO4/c1-5-22(16(2)30)29-24(17-9-11-19(27)12-10-17)21(18-7-6-8-20(28)13-18)14-26(3,25(29)32)15-23(31)33-4/h6-13,16,21-22,24,30H,5,14-15H2,1-4H3. The molecule has 5 nitrogen and oxygen atoms in total. The molecule has 178 valence electrons. The Labute approximate surface area is 205 Å². The third-order valence-corrected chi connectivity index (χ3v) is 7.17. The van der Waals surface area contributed by atoms with Crippen LogP contribution >= 0.6 is 23.2 Å². The number of hydrogen-bond donors (Lipinski definition) is 1. The summed E-state index contributed by atoms with van der Waals surface area (Å²) in [5.74, 6) is -0.769. The summed E-state index contributed by atoms with van der Waals surface area (Å²) in [4.78, 5) is 28.2. The monoisotopic (exact) mass is 491 g/mol. The first-order valence-electron chi connectivity index (χ1n) is 11.2. The molecule has 5 unspecified atom stereocenters. The first kappa shape index (κ1) is 25.5. The molecule has 0 saturated carbocycles. The summed E-state index contributed by atoms with van der Waals surface area (Å²) in [6.45, 7) is 5.45. The lowest BCUT2D eigenvalue weighted by molar-refractivity contribution is -0.164. The van der Waals surface area contributed by atoms with Gasteiger partial charge in [-0.15, -0.1) is 0 Å². The van der Waals surface area contributed by atoms with Gasteiger partial charge in [-0.25, -0.2) is 0 Å². The van der Waals surface area contributed by atoms with Gasteiger partial charge in [0.15, 0.2) is 0 Å². The first-order chi connectivity index (χ1) is 15.6. The highest BCUT2D eigenvalue weighted by molar-refractivity contribution is 6.30. The van der Waals surface area contributed by atoms with Gasteiger partial charge >= 0.3 is 5.97 Å². The van der Waals surface area contributed by atoms with E-state index in [1.807, 2.05) is 50.2 Å². The van der Waals surface area contributed by atoms with Crippen LogP contribution in [0.2, 0.25) is 10.0 Å². The van der Waals surface area contributed by atoms with Crippen molar-refractivity contribution in [1.82, 2.24) is 4.90 Å². The number of aliphatic hydroxyl groups is 1. The molecule has 33 heavy (non-hydrogen) atoms. The Hall–Kier alpha value is -2.08. The second-order valence-corrected chi connectivity index (χ2v) is 9.98. The maximum Gasteiger partial charge on any atom is 0.306 e. The quantitative estimate of drug-likeness (QED) is 0.498. The van der Waals surface area contributed by atoms with Crippen LogP contribution < -0.4 is 0 Å². The highest BCUT2D eigenvalue weighted by Crippen LogP contribution is 2.52. The second-order valence-electron chi connectivity index (χ2n) is 9.10. The second kappa shape index (κ2) is 10.5. The molecule has 0 aliphatic carbocycles. The van der Waals surface area contributed by atoms with Gasteiger partial charge in [-0.05, 0) is 55.2 Å². The van der Waals surface area contributed by atoms with Crippen LogP contribution in [0.15, 0.2) is 48.5 Å². The normalized spacial score (nSPS) is 24.9. The van der Waals surface area contributed by atoms with Crippen LogP contribution in [0.4, 0.5) is 0 Å². The summed E-state index contributed by atoms with van der Waals surface area (Å²) in [6, 6.07) is 14.3. The summed E-state index contributed by atoms with van der Waals surface area (Å²) in [5, 5.41) is 11.9. The van der Waals surface area contributed by atoms with Crippen LogP contribution in [0, 0.1) is 5.41 Å². The summed E-state index contributed by atoms with van der Waals surface area (Å²) >= 11 is 12.5. The van der Waals surface area contributed by atoms with Crippen molar-refractivity contribution in [3.05, 3.63) is 69.7 Å². The molecule has 1 heterocycles. The average Bonchev–Trinajstić information content (AvgIpc) is 2.77. The average molecular weight is 492 g/mol. The van der Waals surface area contributed by atoms with Gasteiger partial charge in [-0.3, -0.25) is 9.59 Å². The summed E-state index contributed by atoms with van der Waals surface area (Å²) < 4.78 is 4.93. The number of carbonyl (C=O) groups is 2. The molecular formula is C26H31Cl2NO4. The van der Waals surface area contributed by atoms with E-state index in [4.69, 9.17) is 27.9 Å². The van der Waals surface area contributed by atoms with Crippen molar-refractivity contribution in [2.75, 3.05) is 7.11 Å². The molecule has 1 fully saturated rings. The highest BCUT2D eigenvalue weighted by Gasteiger charge is 2.52. The minimum Gasteiger partial charge on any atom is -0.469 e. The predicted octanol–water partition coefficient (Wildman–Crippen LogP) is 5.78. The number of ether oxygens (including phenoxy) is 1. The molecule has 0 spiro atoms. The number of nitrogens with zero attached hydrogens (tertiary/aromatic N) is 1. The van der Waals surface area contributed by atoms with Gasteiger partial charge in [0.05, 0.1) is 37.1 Å². The fraction of sp³-hybridized carbons (Fsp3) is 0.462. The third kappa shape index (κ3) is 5.37. The van der Waals surface area contributed by atoms with Crippen LogP contribution in [0.25, 0.3) is 0 Å². The molecule has 3 rings (SSSR count). The number of piperidine rings is 1. The molecular weight excluding hydrogens is 461 g/mol. The van der Waals surface area contributed by atoms with Crippen LogP contribution in [-0.4, -0.2) is 41.1 Å². The molecule has 0 bridgehead atoms. The number of rotatable bonds is 7. The minimum absolute atomic E-state index is 0.0422. The van der Waals surface area contributed by atoms with Crippen molar-refractivity contribution in [3.63, 3.8) is 0 Å². The van der Waals surface area contributed by atoms with Crippen molar-refractivity contribution >= 4 is 35.1 Å². The SMILES string of the molecule is CCC(C(C)O)N1C(=O)C(C)(CC(=O)OC)CC(c2cccc(Cl)c2)C1c1ccc(Cl)cc1. The predicted molar refractivity (Wildman–Crippen MR) is 130 cm³/mol. The molecule has 0 radical (unpaired) electrons. The minimum atomic E-state index is -0.995. The maximum atomic E-state index is 14.1. The van der Waals surface area contributed by atoms with E-state index in [1.54, 1.807) is 24.0 Å². The van der Waals surface area contributed by atoms with Crippen LogP contribution in [0.3, 0.4) is 0 Å². The van der Waals surface area contributed by atoms with E-state index < -0.39 is 23.5 Å². The smallest absolute Gasteiger partial charge is 0.306 e. The molecule has 5 atom stereocenters. The molecule has 7 heteroatoms. The number of carbonyl (C=O) groups excluding carboxylic acids is 2. The van der Waals surface area contributed by atoms with Crippen LogP contribution in [-0.2, 0) is 14.3 Å². The fourth-order valence-corrected chi connectivity index (χ4v) is 5.40. The number of benzene rings is 2. The number of esters is 1. The molecule has 0 aromatic heterocycles. The Morgan fingerprint density at radius 2 is 1.85 bits per heavy atom. The molecule has 1 amide bonds. The zero-order valence-corrected chi connectivity index (χ0v) is 20.9. The van der Waals surface area contributed by atoms with Gasteiger partial charge in [0.2, 0.25) is 5.91 Å². The van der Waals surface area contributed by atoms with Gasteiger partial charge < -0.3 is 14.7 Å². The number of hydrogen-bond acceptors (Lipinski definition) is 4. The van der Waals surface area contributed by atoms with E-state index in [0.717, 1.165) is 11.1 Å². The Balaban J connectivity index is 2.24. The number of aliphatic hydroxyl groups excluding tert-OH is 1. The Morgan fingerprint density at radius 3 is 2.39 bits per heavy atom. The van der Waals surface area contributed by atoms with E-state index in [0.29, 0.717) is 22.9 Å². The van der Waals surface area contributed by atoms with Crippen LogP contribution in [0.5, 0.6) is 0 Å². The van der Waals surface area contributed by atoms with Gasteiger partial charge in [0.1, 0.15) is 0 Å². The Morgan fingerprint density at radius 1 is 1.18 bits per heavy atom. The maximum absolute atomic E-state index is 14.1. The largest absolute Gasteiger partial charge is 0.469 e. The molecule has 1 saturated heterocycles. The van der Waals surface area contributed by atoms with Crippen LogP contribution in [0.1, 0.15) is 63.1 Å². The Kier molecular flexibility index (Phi) is 8.09. The van der Waals surface area contributed by atoms with Crippen molar-refractivity contribution in [2.24, 2.45) is 5.41 Å². The summed E-state index contributed by atoms with van der Waals surface area (Å²) in [7, 11) is 1.33. The molecule has 1 aliphatic rings. The number of halogens is 2. The fourth-order valence-electron chi connectivity index (χ4n) is 5.07. The number of likely N-dealkylation sites (tertiary alicyclic amines) is 1. The van der Waals surface area contributed by atoms with Crippen molar-refractivity contribution in [1.29, 1.82) is 0 Å². The van der Waals surface area contributed by atoms with Crippen molar-refractivity contribution < 1.29 is 19.4 Å². The van der Waals surface area contributed by atoms with Gasteiger partial charge in [-0.1, -0.05) is 61.3 Å². The van der Waals surface area contributed by atoms with Gasteiger partial charge in [-0.2, -0.15) is 0 Å². The highest BCUT2D eigenvalue weighted by atomic mass is 35.5. The van der Waals surface area contributed by atoms with E-state index in [-0.39, 0.29) is 24.3 Å². The van der Waals surface area contributed by atoms with Gasteiger partial charge in [0.25, 0.3) is 0 Å². The summed E-state index contributed by atoms with van der Waals surface area (Å²) in [5.41, 5.74) is 0.888. The van der Waals surface area contributed by atoms with Crippen molar-refractivity contribution in [2.45, 2.75) is 64.1 Å². The number of methoxy groups -OCH3 is 1. The zero-order valence-electron chi connectivity index (χ0n) is 19.4. The molecule has 1 N–H and O–H groups in total. The molecule has 1 aliphatic heterocycles. The lowest BCUT2D eigenvalue weighted by Gasteiger charge is -2.52. The number of amides is 1. The lowest BCUT2D eigenvalue weighted by Crippen LogP contribution is -2.58. The van der Waals surface area contributed by atoms with E-state index in [2.05, 4.69) is 0 Å². The summed E-state index contributed by atoms with van der Waals surface area (Å²) in [6.07, 6.45) is 0.194. The van der Waals surface area contributed by atoms with E-state index >= 15 is 0 Å². The third-order valence-electron chi connectivity index (χ3n) is 6.69. The van der Waals surface area contributed by atoms with Crippen molar-refractivity contribution in [3.8, 4) is 0 Å². The molecule has 2 aromatic carbocycles. The van der Waals surface area contributed by atoms with Gasteiger partial charge in [0, 0.05) is 16.0 Å². The zero-order chi connectivity index (χ0) is 24.3. The first-order valence-corrected chi connectivity index (χ1v) is 12.0.